The maximum absolute atomic E-state index is 13.5. The van der Waals surface area contributed by atoms with Gasteiger partial charge in [0.05, 0.1) is 49.6 Å². The molecule has 0 aliphatic carbocycles. The summed E-state index contributed by atoms with van der Waals surface area (Å²) in [6.07, 6.45) is -1.66. The smallest absolute Gasteiger partial charge is 0.269 e. The third kappa shape index (κ3) is 17.8. The van der Waals surface area contributed by atoms with E-state index in [9.17, 15) is 24.3 Å². The second-order valence-electron chi connectivity index (χ2n) is 20.1. The van der Waals surface area contributed by atoms with Gasteiger partial charge >= 0.3 is 0 Å². The number of ether oxygens (including phenoxy) is 4. The lowest BCUT2D eigenvalue weighted by Crippen LogP contribution is -2.55. The number of anilines is 2. The molecule has 4 amide bonds. The Balaban J connectivity index is 0.000000302. The van der Waals surface area contributed by atoms with Crippen molar-refractivity contribution >= 4 is 77.9 Å². The summed E-state index contributed by atoms with van der Waals surface area (Å²) in [6, 6.07) is 32.6. The molecule has 6 aromatic rings. The molecule has 0 heterocycles. The van der Waals surface area contributed by atoms with E-state index in [1.54, 1.807) is 94.8 Å². The van der Waals surface area contributed by atoms with Gasteiger partial charge in [-0.25, -0.2) is 9.69 Å². The molecule has 6 rings (SSSR count). The lowest BCUT2D eigenvalue weighted by Gasteiger charge is -2.40. The van der Waals surface area contributed by atoms with Crippen LogP contribution in [-0.2, 0) is 27.2 Å². The van der Waals surface area contributed by atoms with Crippen LogP contribution in [-0.4, -0.2) is 75.6 Å². The summed E-state index contributed by atoms with van der Waals surface area (Å²) in [5.41, 5.74) is 15.2. The Morgan fingerprint density at radius 1 is 0.568 bits per heavy atom. The number of aliphatic hydroxyl groups excluding tert-OH is 1. The number of hydrogen-bond donors (Lipinski definition) is 7. The minimum Gasteiger partial charge on any atom is -0.497 e. The third-order valence-electron chi connectivity index (χ3n) is 13.4. The Bertz CT molecular complexity index is 3220. The van der Waals surface area contributed by atoms with E-state index in [1.807, 2.05) is 55.5 Å². The van der Waals surface area contributed by atoms with Crippen LogP contribution in [0.25, 0.3) is 9.69 Å². The highest BCUT2D eigenvalue weighted by Crippen LogP contribution is 2.39. The van der Waals surface area contributed by atoms with Gasteiger partial charge in [-0.3, -0.25) is 40.9 Å². The maximum Gasteiger partial charge on any atom is 0.269 e. The summed E-state index contributed by atoms with van der Waals surface area (Å²) in [4.78, 5) is 58.4. The minimum atomic E-state index is -2.26. The number of nitrogens with zero attached hydrogens (tertiary/aromatic N) is 2. The minimum absolute atomic E-state index is 0.0858. The number of nitrogens with one attached hydrogen (secondary N) is 6. The molecule has 0 aliphatic heterocycles. The first kappa shape index (κ1) is 63.5. The van der Waals surface area contributed by atoms with E-state index in [0.29, 0.717) is 69.1 Å². The molecule has 81 heavy (non-hydrogen) atoms. The topological polar surface area (TPSA) is 216 Å². The first-order chi connectivity index (χ1) is 38.4. The molecule has 0 aliphatic rings. The van der Waals surface area contributed by atoms with Gasteiger partial charge in [0.1, 0.15) is 48.3 Å². The Morgan fingerprint density at radius 3 is 1.27 bits per heavy atom. The molecule has 0 radical (unpaired) electrons. The molecule has 0 bridgehead atoms. The van der Waals surface area contributed by atoms with E-state index < -0.39 is 56.2 Å². The lowest BCUT2D eigenvalue weighted by molar-refractivity contribution is -0.125. The maximum atomic E-state index is 13.5. The van der Waals surface area contributed by atoms with Crippen LogP contribution in [0.1, 0.15) is 77.6 Å². The molecule has 0 spiro atoms. The normalized spacial score (nSPS) is 12.4. The van der Waals surface area contributed by atoms with Gasteiger partial charge in [-0.15, -0.1) is 0 Å². The van der Waals surface area contributed by atoms with E-state index in [2.05, 4.69) is 75.9 Å². The molecule has 0 fully saturated rings. The standard InChI is InChI=1S/C33H41ClN4O5Si.C27H27ClN4O5/c1-21-27(18-19-28(35-6)29(21)34)36-30(22(2)43-44(8,9)33(3,4)5)32(40)38-37-31(39)24-12-16-26(17-13-24)42-20-23-10-14-25(41-7)15-11-23;1-16-22(13-14-23(29-3)24(16)28)30-25(17(2)33)27(35)32-31-26(34)19-7-11-21(12-8-19)37-15-18-5-9-20(36-4)10-6-18/h10-19,22,30,36H,20H2,1-5,7-9H3,(H,37,39)(H,38,40);5-14,17,25,30,33H,15H2,1-2,4H3,(H,31,34)(H,32,35)/t22-,30+;17-,25+/m00/s1. The van der Waals surface area contributed by atoms with Gasteiger partial charge in [-0.2, -0.15) is 0 Å². The fourth-order valence-corrected chi connectivity index (χ4v) is 9.22. The number of amides is 4. The molecule has 0 aromatic heterocycles. The van der Waals surface area contributed by atoms with Crippen molar-refractivity contribution in [2.45, 2.75) is 104 Å². The van der Waals surface area contributed by atoms with Gasteiger partial charge in [0, 0.05) is 22.5 Å². The van der Waals surface area contributed by atoms with Crippen LogP contribution in [0.15, 0.2) is 121 Å². The molecular weight excluding hydrogens is 1090 g/mol. The molecule has 18 nitrogen and oxygen atoms in total. The Kier molecular flexibility index (Phi) is 22.9. The van der Waals surface area contributed by atoms with Gasteiger partial charge in [-0.05, 0) is 153 Å². The molecular formula is C60H68Cl2N8O10Si. The van der Waals surface area contributed by atoms with Gasteiger partial charge in [0.15, 0.2) is 8.32 Å². The number of carbonyl (C=O) groups is 4. The van der Waals surface area contributed by atoms with Crippen molar-refractivity contribution in [2.75, 3.05) is 24.9 Å². The second-order valence-corrected chi connectivity index (χ2v) is 25.7. The number of hydrazine groups is 2. The molecule has 0 unspecified atom stereocenters. The zero-order valence-corrected chi connectivity index (χ0v) is 49.6. The zero-order valence-electron chi connectivity index (χ0n) is 47.0. The highest BCUT2D eigenvalue weighted by Gasteiger charge is 2.41. The predicted octanol–water partition coefficient (Wildman–Crippen LogP) is 11.8. The first-order valence-electron chi connectivity index (χ1n) is 25.5. The van der Waals surface area contributed by atoms with E-state index in [1.165, 1.54) is 13.0 Å². The van der Waals surface area contributed by atoms with Crippen molar-refractivity contribution < 1.29 is 47.7 Å². The molecule has 0 saturated carbocycles. The average molecular weight is 1160 g/mol. The summed E-state index contributed by atoms with van der Waals surface area (Å²) in [7, 11) is 0.960. The molecule has 6 aromatic carbocycles. The van der Waals surface area contributed by atoms with Crippen LogP contribution in [0, 0.1) is 27.0 Å². The van der Waals surface area contributed by atoms with Crippen LogP contribution >= 0.6 is 23.2 Å². The van der Waals surface area contributed by atoms with Crippen molar-refractivity contribution in [1.82, 2.24) is 21.7 Å². The highest BCUT2D eigenvalue weighted by molar-refractivity contribution is 6.74. The zero-order chi connectivity index (χ0) is 59.6. The Morgan fingerprint density at radius 2 is 0.926 bits per heavy atom. The first-order valence-corrected chi connectivity index (χ1v) is 29.2. The van der Waals surface area contributed by atoms with Crippen LogP contribution in [0.5, 0.6) is 23.0 Å². The fourth-order valence-electron chi connectivity index (χ4n) is 7.39. The molecule has 426 valence electrons. The summed E-state index contributed by atoms with van der Waals surface area (Å²) < 4.78 is 28.4. The summed E-state index contributed by atoms with van der Waals surface area (Å²) in [5, 5.41) is 16.8. The number of hydrogen-bond acceptors (Lipinski definition) is 12. The van der Waals surface area contributed by atoms with E-state index >= 15 is 0 Å². The summed E-state index contributed by atoms with van der Waals surface area (Å²) in [5.74, 6) is 0.523. The second kappa shape index (κ2) is 29.2. The Labute approximate surface area is 484 Å². The van der Waals surface area contributed by atoms with Crippen LogP contribution in [0.2, 0.25) is 28.2 Å². The quantitative estimate of drug-likeness (QED) is 0.0216. The van der Waals surface area contributed by atoms with Gasteiger partial charge < -0.3 is 39.1 Å². The lowest BCUT2D eigenvalue weighted by atomic mass is 10.1. The molecule has 21 heteroatoms. The molecule has 4 atom stereocenters. The number of methoxy groups -OCH3 is 2. The van der Waals surface area contributed by atoms with Gasteiger partial charge in [-0.1, -0.05) is 80.4 Å². The van der Waals surface area contributed by atoms with Crippen LogP contribution in [0.3, 0.4) is 0 Å². The molecule has 7 N–H and O–H groups in total. The monoisotopic (exact) mass is 1160 g/mol. The predicted molar refractivity (Wildman–Crippen MR) is 318 cm³/mol. The Hall–Kier alpha value is -8.30. The number of carbonyl (C=O) groups excluding carboxylic acids is 4. The molecule has 0 saturated heterocycles. The number of rotatable bonds is 20. The van der Waals surface area contributed by atoms with Crippen molar-refractivity contribution in [2.24, 2.45) is 0 Å². The third-order valence-corrected chi connectivity index (χ3v) is 18.9. The van der Waals surface area contributed by atoms with Crippen LogP contribution in [0.4, 0.5) is 22.7 Å². The number of benzene rings is 6. The van der Waals surface area contributed by atoms with Crippen molar-refractivity contribution in [1.29, 1.82) is 0 Å². The largest absolute Gasteiger partial charge is 0.497 e. The summed E-state index contributed by atoms with van der Waals surface area (Å²) >= 11 is 12.6. The van der Waals surface area contributed by atoms with Crippen molar-refractivity contribution in [3.8, 4) is 23.0 Å². The number of halogens is 2. The van der Waals surface area contributed by atoms with Gasteiger partial charge in [0.25, 0.3) is 23.6 Å². The number of aliphatic hydroxyl groups is 1. The highest BCUT2D eigenvalue weighted by atomic mass is 35.5. The van der Waals surface area contributed by atoms with E-state index in [-0.39, 0.29) is 15.7 Å². The SMILES string of the molecule is [C-]#[N+]c1ccc(N[C@@H](C(=O)NNC(=O)c2ccc(OCc3ccc(OC)cc3)cc2)[C@H](C)O)c(C)c1Cl.[C-]#[N+]c1ccc(N[C@@H](C(=O)NNC(=O)c2ccc(OCc3ccc(OC)cc3)cc2)[C@H](C)O[Si](C)(C)C(C)(C)C)c(C)c1Cl. The fraction of sp³-hybridized carbons (Fsp3) is 0.300. The van der Waals surface area contributed by atoms with Crippen molar-refractivity contribution in [3.05, 3.63) is 188 Å². The van der Waals surface area contributed by atoms with Crippen LogP contribution < -0.4 is 51.3 Å². The van der Waals surface area contributed by atoms with E-state index in [4.69, 9.17) is 59.7 Å². The average Bonchev–Trinajstić information content (AvgIpc) is 3.46. The summed E-state index contributed by atoms with van der Waals surface area (Å²) in [6.45, 7) is 32.5. The van der Waals surface area contributed by atoms with E-state index in [0.717, 1.165) is 22.6 Å². The van der Waals surface area contributed by atoms with Gasteiger partial charge in [0.2, 0.25) is 11.4 Å². The van der Waals surface area contributed by atoms with Crippen molar-refractivity contribution in [3.63, 3.8) is 0 Å².